The first kappa shape index (κ1) is 13.1. The van der Waals surface area contributed by atoms with E-state index in [2.05, 4.69) is 9.90 Å². The van der Waals surface area contributed by atoms with Crippen molar-refractivity contribution < 1.29 is 5.11 Å². The molecule has 0 aliphatic rings. The average molecular weight is 214 g/mol. The molecule has 1 aromatic rings. The summed E-state index contributed by atoms with van der Waals surface area (Å²) < 4.78 is 2.96. The Morgan fingerprint density at radius 3 is 2.79 bits per heavy atom. The zero-order valence-electron chi connectivity index (χ0n) is 8.23. The van der Waals surface area contributed by atoms with Crippen LogP contribution in [-0.4, -0.2) is 19.3 Å². The van der Waals surface area contributed by atoms with Crippen LogP contribution in [-0.2, 0) is 5.75 Å². The van der Waals surface area contributed by atoms with Crippen molar-refractivity contribution in [2.24, 2.45) is 5.18 Å². The number of hydrogen-bond donors (Lipinski definition) is 2. The molecular formula is C9H14N2O2S. The molecule has 0 aliphatic carbocycles. The van der Waals surface area contributed by atoms with Crippen molar-refractivity contribution in [3.8, 4) is 0 Å². The van der Waals surface area contributed by atoms with E-state index in [4.69, 9.17) is 5.11 Å². The van der Waals surface area contributed by atoms with Crippen LogP contribution < -0.4 is 4.72 Å². The van der Waals surface area contributed by atoms with Gasteiger partial charge in [0.1, 0.15) is 5.69 Å². The quantitative estimate of drug-likeness (QED) is 0.595. The largest absolute Gasteiger partial charge is 0.400 e. The van der Waals surface area contributed by atoms with Gasteiger partial charge in [0.15, 0.2) is 0 Å². The Morgan fingerprint density at radius 2 is 2.21 bits per heavy atom. The van der Waals surface area contributed by atoms with Gasteiger partial charge in [-0.25, -0.2) is 0 Å². The van der Waals surface area contributed by atoms with E-state index in [0.717, 1.165) is 18.4 Å². The van der Waals surface area contributed by atoms with Gasteiger partial charge in [0.2, 0.25) is 0 Å². The van der Waals surface area contributed by atoms with Gasteiger partial charge in [-0.2, -0.15) is 0 Å². The molecule has 0 atom stereocenters. The molecule has 0 aliphatic heterocycles. The Hall–Kier alpha value is -0.910. The molecule has 2 N–H and O–H groups in total. The van der Waals surface area contributed by atoms with Crippen LogP contribution in [0.1, 0.15) is 5.56 Å². The summed E-state index contributed by atoms with van der Waals surface area (Å²) in [7, 11) is 2.87. The maximum absolute atomic E-state index is 10.2. The van der Waals surface area contributed by atoms with E-state index in [9.17, 15) is 4.91 Å². The van der Waals surface area contributed by atoms with Gasteiger partial charge >= 0.3 is 0 Å². The summed E-state index contributed by atoms with van der Waals surface area (Å²) >= 11 is 1.59. The van der Waals surface area contributed by atoms with E-state index in [-0.39, 0.29) is 0 Å². The second-order valence-corrected chi connectivity index (χ2v) is 3.24. The maximum atomic E-state index is 10.2. The molecule has 0 radical (unpaired) electrons. The molecule has 1 aromatic carbocycles. The van der Waals surface area contributed by atoms with Crippen LogP contribution in [0.5, 0.6) is 0 Å². The summed E-state index contributed by atoms with van der Waals surface area (Å²) in [6.07, 6.45) is 0. The molecule has 0 heterocycles. The van der Waals surface area contributed by atoms with Gasteiger partial charge < -0.3 is 5.11 Å². The van der Waals surface area contributed by atoms with E-state index >= 15 is 0 Å². The van der Waals surface area contributed by atoms with E-state index < -0.39 is 0 Å². The van der Waals surface area contributed by atoms with Crippen LogP contribution in [0.25, 0.3) is 0 Å². The molecule has 0 amide bonds. The molecular weight excluding hydrogens is 200 g/mol. The van der Waals surface area contributed by atoms with Crippen LogP contribution in [0.3, 0.4) is 0 Å². The monoisotopic (exact) mass is 214 g/mol. The molecule has 1 rings (SSSR count). The van der Waals surface area contributed by atoms with Gasteiger partial charge in [-0.15, -0.1) is 4.91 Å². The minimum absolute atomic E-state index is 0.490. The first-order valence-electron chi connectivity index (χ1n) is 4.02. The van der Waals surface area contributed by atoms with Gasteiger partial charge in [-0.3, -0.25) is 4.72 Å². The molecule has 0 aromatic heterocycles. The Morgan fingerprint density at radius 1 is 1.50 bits per heavy atom. The fraction of sp³-hybridized carbons (Fsp3) is 0.333. The van der Waals surface area contributed by atoms with Crippen LogP contribution in [0.2, 0.25) is 0 Å². The molecule has 78 valence electrons. The third-order valence-corrected chi connectivity index (χ3v) is 2.17. The molecule has 0 saturated heterocycles. The normalized spacial score (nSPS) is 8.79. The van der Waals surface area contributed by atoms with Crippen LogP contribution in [0, 0.1) is 4.91 Å². The number of rotatable bonds is 4. The number of nitroso groups, excluding NO2 is 1. The van der Waals surface area contributed by atoms with Crippen LogP contribution in [0.4, 0.5) is 5.69 Å². The van der Waals surface area contributed by atoms with E-state index in [1.165, 1.54) is 0 Å². The van der Waals surface area contributed by atoms with Gasteiger partial charge in [0.05, 0.1) is 0 Å². The Labute approximate surface area is 87.8 Å². The molecule has 0 spiro atoms. The highest BCUT2D eigenvalue weighted by Gasteiger charge is 1.94. The summed E-state index contributed by atoms with van der Waals surface area (Å²) in [6, 6.07) is 7.29. The minimum atomic E-state index is 0.490. The lowest BCUT2D eigenvalue weighted by molar-refractivity contribution is 0.399. The Bertz CT molecular complexity index is 269. The van der Waals surface area contributed by atoms with Crippen molar-refractivity contribution in [3.05, 3.63) is 34.7 Å². The molecule has 0 unspecified atom stereocenters. The molecule has 14 heavy (non-hydrogen) atoms. The summed E-state index contributed by atoms with van der Waals surface area (Å²) in [6.45, 7) is 0. The summed E-state index contributed by atoms with van der Waals surface area (Å²) in [5, 5.41) is 9.86. The highest BCUT2D eigenvalue weighted by molar-refractivity contribution is 7.96. The molecule has 5 heteroatoms. The SMILES string of the molecule is CNSCc1cccc(N=O)c1.CO. The van der Waals surface area contributed by atoms with Crippen molar-refractivity contribution in [2.45, 2.75) is 5.75 Å². The number of aliphatic hydroxyl groups is 1. The highest BCUT2D eigenvalue weighted by Crippen LogP contribution is 2.16. The lowest BCUT2D eigenvalue weighted by atomic mass is 10.2. The lowest BCUT2D eigenvalue weighted by Gasteiger charge is -1.99. The third-order valence-electron chi connectivity index (χ3n) is 1.40. The molecule has 0 bridgehead atoms. The van der Waals surface area contributed by atoms with Crippen molar-refractivity contribution in [1.82, 2.24) is 4.72 Å². The van der Waals surface area contributed by atoms with E-state index in [0.29, 0.717) is 5.69 Å². The van der Waals surface area contributed by atoms with Gasteiger partial charge in [0.25, 0.3) is 0 Å². The summed E-state index contributed by atoms with van der Waals surface area (Å²) in [4.78, 5) is 10.2. The van der Waals surface area contributed by atoms with Crippen molar-refractivity contribution in [3.63, 3.8) is 0 Å². The maximum Gasteiger partial charge on any atom is 0.108 e. The highest BCUT2D eigenvalue weighted by atomic mass is 32.2. The molecule has 0 fully saturated rings. The lowest BCUT2D eigenvalue weighted by Crippen LogP contribution is -1.92. The van der Waals surface area contributed by atoms with Crippen LogP contribution >= 0.6 is 11.9 Å². The standard InChI is InChI=1S/C8H10N2OS.CH4O/c1-9-12-6-7-3-2-4-8(5-7)10-11;1-2/h2-5,9H,6H2,1H3;2H,1H3. The first-order valence-corrected chi connectivity index (χ1v) is 5.01. The smallest absolute Gasteiger partial charge is 0.108 e. The number of benzene rings is 1. The third kappa shape index (κ3) is 4.96. The number of aliphatic hydroxyl groups excluding tert-OH is 1. The van der Waals surface area contributed by atoms with Crippen molar-refractivity contribution in [1.29, 1.82) is 0 Å². The molecule has 0 saturated carbocycles. The number of nitrogens with one attached hydrogen (secondary N) is 1. The van der Waals surface area contributed by atoms with Crippen molar-refractivity contribution in [2.75, 3.05) is 14.2 Å². The van der Waals surface area contributed by atoms with Crippen LogP contribution in [0.15, 0.2) is 29.4 Å². The van der Waals surface area contributed by atoms with Gasteiger partial charge in [-0.05, 0) is 29.9 Å². The first-order chi connectivity index (χ1) is 6.86. The second kappa shape index (κ2) is 8.68. The average Bonchev–Trinajstić information content (AvgIpc) is 2.29. The summed E-state index contributed by atoms with van der Waals surface area (Å²) in [5.74, 6) is 0.847. The fourth-order valence-corrected chi connectivity index (χ4v) is 1.35. The zero-order chi connectivity index (χ0) is 10.8. The predicted molar refractivity (Wildman–Crippen MR) is 60.4 cm³/mol. The van der Waals surface area contributed by atoms with Gasteiger partial charge in [0, 0.05) is 12.9 Å². The van der Waals surface area contributed by atoms with Gasteiger partial charge in [-0.1, -0.05) is 24.1 Å². The topological polar surface area (TPSA) is 61.7 Å². The second-order valence-electron chi connectivity index (χ2n) is 2.25. The minimum Gasteiger partial charge on any atom is -0.400 e. The fourth-order valence-electron chi connectivity index (χ4n) is 0.859. The Balaban J connectivity index is 0.000000791. The van der Waals surface area contributed by atoms with E-state index in [1.54, 1.807) is 24.1 Å². The van der Waals surface area contributed by atoms with Crippen molar-refractivity contribution >= 4 is 17.6 Å². The van der Waals surface area contributed by atoms with E-state index in [1.807, 2.05) is 19.2 Å². The predicted octanol–water partition coefficient (Wildman–Crippen LogP) is 2.06. The number of hydrogen-bond acceptors (Lipinski definition) is 5. The zero-order valence-corrected chi connectivity index (χ0v) is 9.04. The summed E-state index contributed by atoms with van der Waals surface area (Å²) in [5.41, 5.74) is 1.59. The number of nitrogens with zero attached hydrogens (tertiary/aromatic N) is 1. The Kier molecular flexibility index (Phi) is 8.11. The molecule has 4 nitrogen and oxygen atoms in total.